The van der Waals surface area contributed by atoms with Crippen molar-refractivity contribution >= 4 is 34.7 Å². The number of imidazole rings is 1. The number of fused-ring (bicyclic) bond motifs is 1. The molecule has 1 atom stereocenters. The minimum atomic E-state index is -0.388. The van der Waals surface area contributed by atoms with Crippen molar-refractivity contribution in [1.29, 1.82) is 0 Å². The molecule has 1 unspecified atom stereocenters. The van der Waals surface area contributed by atoms with Gasteiger partial charge in [-0.1, -0.05) is 11.6 Å². The Balaban J connectivity index is 1.38. The minimum absolute atomic E-state index is 0.0623. The molecular formula is C20H19ClN4O3. The van der Waals surface area contributed by atoms with E-state index in [0.717, 1.165) is 22.8 Å². The first-order valence-electron chi connectivity index (χ1n) is 8.89. The lowest BCUT2D eigenvalue weighted by atomic mass is 10.1. The van der Waals surface area contributed by atoms with Crippen LogP contribution in [0.3, 0.4) is 0 Å². The summed E-state index contributed by atoms with van der Waals surface area (Å²) in [5.41, 5.74) is 2.25. The predicted molar refractivity (Wildman–Crippen MR) is 106 cm³/mol. The highest BCUT2D eigenvalue weighted by atomic mass is 35.5. The van der Waals surface area contributed by atoms with Crippen LogP contribution in [0.15, 0.2) is 48.8 Å². The molecule has 2 amide bonds. The molecule has 1 aromatic carbocycles. The molecular weight excluding hydrogens is 380 g/mol. The highest BCUT2D eigenvalue weighted by Crippen LogP contribution is 2.27. The van der Waals surface area contributed by atoms with Gasteiger partial charge in [0.05, 0.1) is 30.3 Å². The maximum absolute atomic E-state index is 12.5. The van der Waals surface area contributed by atoms with Gasteiger partial charge in [0.25, 0.3) is 0 Å². The molecule has 3 heterocycles. The minimum Gasteiger partial charge on any atom is -0.497 e. The van der Waals surface area contributed by atoms with Crippen LogP contribution in [0.2, 0.25) is 5.02 Å². The Bertz CT molecular complexity index is 1030. The standard InChI is InChI=1S/C20H19ClN4O3/c1-28-17-5-3-16(4-6-17)25-10-13(8-19(25)26)20(27)22-9-15-12-24-11-14(21)2-7-18(24)23-15/h2-7,11-13H,8-10H2,1H3,(H,22,27). The first-order chi connectivity index (χ1) is 13.5. The number of carbonyl (C=O) groups excluding carboxylic acids is 2. The van der Waals surface area contributed by atoms with Gasteiger partial charge < -0.3 is 19.4 Å². The molecule has 1 aliphatic rings. The number of aromatic nitrogens is 2. The number of benzene rings is 1. The lowest BCUT2D eigenvalue weighted by Gasteiger charge is -2.17. The number of methoxy groups -OCH3 is 1. The van der Waals surface area contributed by atoms with Gasteiger partial charge in [0, 0.05) is 31.0 Å². The summed E-state index contributed by atoms with van der Waals surface area (Å²) in [6.07, 6.45) is 3.78. The molecule has 1 aliphatic heterocycles. The van der Waals surface area contributed by atoms with E-state index in [-0.39, 0.29) is 24.2 Å². The summed E-state index contributed by atoms with van der Waals surface area (Å²) >= 11 is 5.97. The van der Waals surface area contributed by atoms with Crippen molar-refractivity contribution in [2.45, 2.75) is 13.0 Å². The number of pyridine rings is 1. The highest BCUT2D eigenvalue weighted by Gasteiger charge is 2.35. The fraction of sp³-hybridized carbons (Fsp3) is 0.250. The third-order valence-electron chi connectivity index (χ3n) is 4.79. The van der Waals surface area contributed by atoms with Crippen LogP contribution in [0, 0.1) is 5.92 Å². The Kier molecular flexibility index (Phi) is 4.92. The topological polar surface area (TPSA) is 75.9 Å². The van der Waals surface area contributed by atoms with E-state index < -0.39 is 0 Å². The zero-order chi connectivity index (χ0) is 19.7. The summed E-state index contributed by atoms with van der Waals surface area (Å²) in [6.45, 7) is 0.656. The lowest BCUT2D eigenvalue weighted by Crippen LogP contribution is -2.32. The number of nitrogens with one attached hydrogen (secondary N) is 1. The number of hydrogen-bond acceptors (Lipinski definition) is 4. The molecule has 0 radical (unpaired) electrons. The second kappa shape index (κ2) is 7.52. The molecule has 2 aromatic heterocycles. The normalized spacial score (nSPS) is 16.6. The third-order valence-corrected chi connectivity index (χ3v) is 5.01. The maximum Gasteiger partial charge on any atom is 0.227 e. The van der Waals surface area contributed by atoms with E-state index in [1.54, 1.807) is 36.4 Å². The lowest BCUT2D eigenvalue weighted by molar-refractivity contribution is -0.126. The molecule has 144 valence electrons. The first-order valence-corrected chi connectivity index (χ1v) is 9.26. The molecule has 7 nitrogen and oxygen atoms in total. The smallest absolute Gasteiger partial charge is 0.227 e. The number of anilines is 1. The molecule has 8 heteroatoms. The average Bonchev–Trinajstić information content (AvgIpc) is 3.29. The number of hydrogen-bond donors (Lipinski definition) is 1. The average molecular weight is 399 g/mol. The van der Waals surface area contributed by atoms with Crippen molar-refractivity contribution < 1.29 is 14.3 Å². The van der Waals surface area contributed by atoms with Crippen LogP contribution < -0.4 is 15.0 Å². The van der Waals surface area contributed by atoms with Gasteiger partial charge in [-0.3, -0.25) is 9.59 Å². The first kappa shape index (κ1) is 18.3. The molecule has 28 heavy (non-hydrogen) atoms. The Hall–Kier alpha value is -3.06. The van der Waals surface area contributed by atoms with E-state index in [2.05, 4.69) is 10.3 Å². The molecule has 1 saturated heterocycles. The summed E-state index contributed by atoms with van der Waals surface area (Å²) in [5, 5.41) is 3.50. The van der Waals surface area contributed by atoms with Crippen LogP contribution in [0.5, 0.6) is 5.75 Å². The fourth-order valence-corrected chi connectivity index (χ4v) is 3.49. The van der Waals surface area contributed by atoms with E-state index in [0.29, 0.717) is 18.1 Å². The summed E-state index contributed by atoms with van der Waals surface area (Å²) in [6, 6.07) is 10.8. The van der Waals surface area contributed by atoms with E-state index >= 15 is 0 Å². The summed E-state index contributed by atoms with van der Waals surface area (Å²) in [4.78, 5) is 31.0. The summed E-state index contributed by atoms with van der Waals surface area (Å²) in [5.74, 6) is 0.117. The number of nitrogens with zero attached hydrogens (tertiary/aromatic N) is 3. The second-order valence-corrected chi connectivity index (χ2v) is 7.10. The predicted octanol–water partition coefficient (Wildman–Crippen LogP) is 2.67. The van der Waals surface area contributed by atoms with Gasteiger partial charge in [-0.15, -0.1) is 0 Å². The summed E-state index contributed by atoms with van der Waals surface area (Å²) < 4.78 is 6.95. The highest BCUT2D eigenvalue weighted by molar-refractivity contribution is 6.30. The van der Waals surface area contributed by atoms with Gasteiger partial charge in [0.15, 0.2) is 0 Å². The van der Waals surface area contributed by atoms with Crippen LogP contribution in [0.1, 0.15) is 12.1 Å². The van der Waals surface area contributed by atoms with E-state index in [9.17, 15) is 9.59 Å². The Morgan fingerprint density at radius 2 is 2.04 bits per heavy atom. The zero-order valence-electron chi connectivity index (χ0n) is 15.3. The Morgan fingerprint density at radius 1 is 1.25 bits per heavy atom. The molecule has 0 bridgehead atoms. The van der Waals surface area contributed by atoms with Crippen molar-refractivity contribution in [3.05, 3.63) is 59.5 Å². The van der Waals surface area contributed by atoms with Crippen LogP contribution in [0.4, 0.5) is 5.69 Å². The molecule has 1 fully saturated rings. The largest absolute Gasteiger partial charge is 0.497 e. The number of halogens is 1. The van der Waals surface area contributed by atoms with Crippen molar-refractivity contribution in [3.8, 4) is 5.75 Å². The van der Waals surface area contributed by atoms with Crippen molar-refractivity contribution in [2.75, 3.05) is 18.6 Å². The van der Waals surface area contributed by atoms with Gasteiger partial charge in [-0.05, 0) is 36.4 Å². The van der Waals surface area contributed by atoms with Crippen molar-refractivity contribution in [1.82, 2.24) is 14.7 Å². The van der Waals surface area contributed by atoms with Crippen LogP contribution >= 0.6 is 11.6 Å². The molecule has 4 rings (SSSR count). The molecule has 0 saturated carbocycles. The van der Waals surface area contributed by atoms with Crippen LogP contribution in [0.25, 0.3) is 5.65 Å². The number of carbonyl (C=O) groups is 2. The molecule has 3 aromatic rings. The molecule has 0 spiro atoms. The summed E-state index contributed by atoms with van der Waals surface area (Å²) in [7, 11) is 1.59. The van der Waals surface area contributed by atoms with Gasteiger partial charge >= 0.3 is 0 Å². The fourth-order valence-electron chi connectivity index (χ4n) is 3.32. The third kappa shape index (κ3) is 3.66. The second-order valence-electron chi connectivity index (χ2n) is 6.67. The van der Waals surface area contributed by atoms with Gasteiger partial charge in [0.2, 0.25) is 11.8 Å². The van der Waals surface area contributed by atoms with E-state index in [1.807, 2.05) is 28.8 Å². The van der Waals surface area contributed by atoms with Crippen molar-refractivity contribution in [3.63, 3.8) is 0 Å². The van der Waals surface area contributed by atoms with Crippen LogP contribution in [-0.2, 0) is 16.1 Å². The van der Waals surface area contributed by atoms with Crippen molar-refractivity contribution in [2.24, 2.45) is 5.92 Å². The van der Waals surface area contributed by atoms with Crippen LogP contribution in [-0.4, -0.2) is 34.9 Å². The number of rotatable bonds is 5. The molecule has 1 N–H and O–H groups in total. The van der Waals surface area contributed by atoms with Gasteiger partial charge in [-0.2, -0.15) is 0 Å². The zero-order valence-corrected chi connectivity index (χ0v) is 16.0. The SMILES string of the molecule is COc1ccc(N2CC(C(=O)NCc3cn4cc(Cl)ccc4n3)CC2=O)cc1. The maximum atomic E-state index is 12.5. The quantitative estimate of drug-likeness (QED) is 0.717. The number of amides is 2. The van der Waals surface area contributed by atoms with E-state index in [4.69, 9.17) is 16.3 Å². The van der Waals surface area contributed by atoms with E-state index in [1.165, 1.54) is 0 Å². The Morgan fingerprint density at radius 3 is 2.79 bits per heavy atom. The van der Waals surface area contributed by atoms with Gasteiger partial charge in [0.1, 0.15) is 11.4 Å². The van der Waals surface area contributed by atoms with Gasteiger partial charge in [-0.25, -0.2) is 4.98 Å². The Labute approximate surface area is 166 Å². The number of ether oxygens (including phenoxy) is 1. The molecule has 0 aliphatic carbocycles. The monoisotopic (exact) mass is 398 g/mol.